The Morgan fingerprint density at radius 2 is 2.06 bits per heavy atom. The molecule has 5 rings (SSSR count). The summed E-state index contributed by atoms with van der Waals surface area (Å²) in [5.74, 6) is 0.569. The van der Waals surface area contributed by atoms with Gasteiger partial charge in [-0.2, -0.15) is 0 Å². The van der Waals surface area contributed by atoms with E-state index < -0.39 is 0 Å². The Kier molecular flexibility index (Phi) is 5.28. The molecule has 0 bridgehead atoms. The molecule has 162 valence electrons. The number of nitrogen functional groups attached to an aromatic ring is 1. The molecule has 1 saturated heterocycles. The van der Waals surface area contributed by atoms with Gasteiger partial charge in [0.25, 0.3) is 5.91 Å². The average molecular weight is 470 g/mol. The number of carbonyl (C=O) groups excluding carboxylic acids is 1. The van der Waals surface area contributed by atoms with Crippen molar-refractivity contribution >= 4 is 51.7 Å². The van der Waals surface area contributed by atoms with Gasteiger partial charge in [-0.25, -0.2) is 4.98 Å². The van der Waals surface area contributed by atoms with Crippen molar-refractivity contribution in [3.8, 4) is 11.3 Å². The van der Waals surface area contributed by atoms with Crippen LogP contribution < -0.4 is 16.0 Å². The lowest BCUT2D eigenvalue weighted by atomic mass is 10.1. The van der Waals surface area contributed by atoms with E-state index in [1.165, 1.54) is 6.20 Å². The van der Waals surface area contributed by atoms with Crippen molar-refractivity contribution in [3.05, 3.63) is 58.6 Å². The van der Waals surface area contributed by atoms with Crippen molar-refractivity contribution in [3.63, 3.8) is 0 Å². The number of carbonyl (C=O) groups is 1. The molecule has 1 atom stereocenters. The molecule has 32 heavy (non-hydrogen) atoms. The maximum Gasteiger partial charge on any atom is 0.253 e. The minimum absolute atomic E-state index is 0.0916. The van der Waals surface area contributed by atoms with E-state index in [0.717, 1.165) is 12.0 Å². The van der Waals surface area contributed by atoms with E-state index in [9.17, 15) is 4.79 Å². The molecule has 0 radical (unpaired) electrons. The van der Waals surface area contributed by atoms with Gasteiger partial charge >= 0.3 is 0 Å². The molecule has 1 fully saturated rings. The van der Waals surface area contributed by atoms with Crippen LogP contribution in [0, 0.1) is 0 Å². The Hall–Kier alpha value is -3.43. The number of rotatable bonds is 4. The fourth-order valence-corrected chi connectivity index (χ4v) is 4.29. The number of halogens is 2. The first-order valence-corrected chi connectivity index (χ1v) is 10.6. The molecule has 1 aromatic carbocycles. The lowest BCUT2D eigenvalue weighted by molar-refractivity contribution is 0.0940. The van der Waals surface area contributed by atoms with Gasteiger partial charge in [0.1, 0.15) is 0 Å². The van der Waals surface area contributed by atoms with E-state index in [4.69, 9.17) is 33.5 Å². The smallest absolute Gasteiger partial charge is 0.253 e. The third-order valence-corrected chi connectivity index (χ3v) is 5.96. The number of benzene rings is 1. The van der Waals surface area contributed by atoms with Crippen LogP contribution in [0.2, 0.25) is 10.0 Å². The van der Waals surface area contributed by atoms with Crippen LogP contribution in [0.25, 0.3) is 22.2 Å². The number of amides is 1. The van der Waals surface area contributed by atoms with E-state index >= 15 is 0 Å². The van der Waals surface area contributed by atoms with Crippen LogP contribution in [-0.2, 0) is 0 Å². The summed E-state index contributed by atoms with van der Waals surface area (Å²) in [6, 6.07) is 5.11. The normalized spacial score (nSPS) is 15.9. The first-order valence-electron chi connectivity index (χ1n) is 9.82. The summed E-state index contributed by atoms with van der Waals surface area (Å²) in [7, 11) is 0. The zero-order valence-corrected chi connectivity index (χ0v) is 18.1. The highest BCUT2D eigenvalue weighted by Crippen LogP contribution is 2.35. The Balaban J connectivity index is 1.30. The number of nitrogens with two attached hydrogens (primary N) is 1. The van der Waals surface area contributed by atoms with Gasteiger partial charge in [0, 0.05) is 43.3 Å². The summed E-state index contributed by atoms with van der Waals surface area (Å²) >= 11 is 12.6. The van der Waals surface area contributed by atoms with Gasteiger partial charge in [-0.3, -0.25) is 14.8 Å². The molecule has 0 saturated carbocycles. The van der Waals surface area contributed by atoms with E-state index in [1.807, 2.05) is 4.90 Å². The van der Waals surface area contributed by atoms with Gasteiger partial charge in [0.05, 0.1) is 32.9 Å². The standard InChI is InChI=1S/C21H17Cl2N7O2/c22-14-7-11(16-9-25-4-5-26-16)1-2-13(14)21(31)28-12-3-6-30(10-12)20-18-17(15(23)8-27-20)19(24)29-32-18/h1-2,4-5,7-9,12H,3,6,10H2,(H2,24,29)(H,28,31). The number of nitrogens with one attached hydrogen (secondary N) is 1. The Morgan fingerprint density at radius 1 is 1.19 bits per heavy atom. The predicted octanol–water partition coefficient (Wildman–Crippen LogP) is 3.58. The zero-order chi connectivity index (χ0) is 22.2. The third-order valence-electron chi connectivity index (χ3n) is 5.36. The summed E-state index contributed by atoms with van der Waals surface area (Å²) in [6.45, 7) is 1.22. The Morgan fingerprint density at radius 3 is 2.84 bits per heavy atom. The van der Waals surface area contributed by atoms with Crippen LogP contribution in [0.15, 0.2) is 47.5 Å². The summed E-state index contributed by atoms with van der Waals surface area (Å²) in [5, 5.41) is 8.10. The van der Waals surface area contributed by atoms with Gasteiger partial charge in [-0.05, 0) is 18.6 Å². The monoisotopic (exact) mass is 469 g/mol. The fourth-order valence-electron chi connectivity index (χ4n) is 3.79. The second-order valence-electron chi connectivity index (χ2n) is 7.39. The molecule has 1 amide bonds. The van der Waals surface area contributed by atoms with Crippen molar-refractivity contribution in [2.75, 3.05) is 23.7 Å². The number of fused-ring (bicyclic) bond motifs is 1. The highest BCUT2D eigenvalue weighted by Gasteiger charge is 2.29. The van der Waals surface area contributed by atoms with Gasteiger partial charge in [-0.15, -0.1) is 0 Å². The minimum atomic E-state index is -0.245. The molecule has 0 spiro atoms. The SMILES string of the molecule is Nc1noc2c(N3CCC(NC(=O)c4ccc(-c5cnccn5)cc4Cl)C3)ncc(Cl)c12. The highest BCUT2D eigenvalue weighted by molar-refractivity contribution is 6.36. The molecular weight excluding hydrogens is 453 g/mol. The topological polar surface area (TPSA) is 123 Å². The molecular formula is C21H17Cl2N7O2. The Labute approximate surface area is 192 Å². The summed E-state index contributed by atoms with van der Waals surface area (Å²) in [6.07, 6.45) is 7.10. The lowest BCUT2D eigenvalue weighted by Crippen LogP contribution is -2.37. The molecule has 3 N–H and O–H groups in total. The lowest BCUT2D eigenvalue weighted by Gasteiger charge is -2.18. The Bertz CT molecular complexity index is 1310. The first kappa shape index (κ1) is 20.5. The molecule has 1 unspecified atom stereocenters. The van der Waals surface area contributed by atoms with E-state index in [1.54, 1.807) is 36.8 Å². The van der Waals surface area contributed by atoms with Crippen LogP contribution in [-0.4, -0.2) is 45.1 Å². The van der Waals surface area contributed by atoms with Crippen LogP contribution in [0.4, 0.5) is 11.6 Å². The number of aromatic nitrogens is 4. The molecule has 1 aliphatic rings. The van der Waals surface area contributed by atoms with Gasteiger partial charge in [0.15, 0.2) is 11.6 Å². The van der Waals surface area contributed by atoms with Crippen molar-refractivity contribution in [2.45, 2.75) is 12.5 Å². The van der Waals surface area contributed by atoms with Crippen LogP contribution in [0.3, 0.4) is 0 Å². The second kappa shape index (κ2) is 8.25. The summed E-state index contributed by atoms with van der Waals surface area (Å²) in [4.78, 5) is 27.6. The van der Waals surface area contributed by atoms with Crippen molar-refractivity contribution in [1.29, 1.82) is 0 Å². The van der Waals surface area contributed by atoms with Crippen LogP contribution in [0.5, 0.6) is 0 Å². The molecule has 9 nitrogen and oxygen atoms in total. The summed E-state index contributed by atoms with van der Waals surface area (Å²) < 4.78 is 5.34. The van der Waals surface area contributed by atoms with Crippen molar-refractivity contribution in [2.24, 2.45) is 0 Å². The van der Waals surface area contributed by atoms with E-state index in [-0.39, 0.29) is 17.8 Å². The average Bonchev–Trinajstić information content (AvgIpc) is 3.42. The largest absolute Gasteiger partial charge is 0.380 e. The second-order valence-corrected chi connectivity index (χ2v) is 8.21. The van der Waals surface area contributed by atoms with Gasteiger partial charge in [0.2, 0.25) is 5.58 Å². The highest BCUT2D eigenvalue weighted by atomic mass is 35.5. The predicted molar refractivity (Wildman–Crippen MR) is 122 cm³/mol. The van der Waals surface area contributed by atoms with Crippen molar-refractivity contribution < 1.29 is 9.32 Å². The maximum atomic E-state index is 12.9. The van der Waals surface area contributed by atoms with E-state index in [2.05, 4.69) is 25.4 Å². The maximum absolute atomic E-state index is 12.9. The zero-order valence-electron chi connectivity index (χ0n) is 16.6. The number of anilines is 2. The molecule has 1 aliphatic heterocycles. The summed E-state index contributed by atoms with van der Waals surface area (Å²) in [5.41, 5.74) is 8.15. The number of hydrogen-bond donors (Lipinski definition) is 2. The molecule has 0 aliphatic carbocycles. The van der Waals surface area contributed by atoms with Gasteiger partial charge in [-0.1, -0.05) is 34.4 Å². The quantitative estimate of drug-likeness (QED) is 0.464. The molecule has 4 aromatic rings. The third kappa shape index (κ3) is 3.69. The fraction of sp³-hybridized carbons (Fsp3) is 0.190. The van der Waals surface area contributed by atoms with Crippen LogP contribution in [0.1, 0.15) is 16.8 Å². The molecule has 11 heteroatoms. The minimum Gasteiger partial charge on any atom is -0.380 e. The number of pyridine rings is 1. The van der Waals surface area contributed by atoms with Crippen molar-refractivity contribution in [1.82, 2.24) is 25.4 Å². The number of hydrogen-bond acceptors (Lipinski definition) is 8. The molecule has 3 aromatic heterocycles. The van der Waals surface area contributed by atoms with E-state index in [0.29, 0.717) is 51.2 Å². The first-order chi connectivity index (χ1) is 15.5. The van der Waals surface area contributed by atoms with Gasteiger partial charge < -0.3 is 20.5 Å². The van der Waals surface area contributed by atoms with Crippen LogP contribution >= 0.6 is 23.2 Å². The molecule has 4 heterocycles. The number of nitrogens with zero attached hydrogens (tertiary/aromatic N) is 5.